The Kier molecular flexibility index (Phi) is 11.0. The van der Waals surface area contributed by atoms with Crippen molar-refractivity contribution in [1.82, 2.24) is 9.62 Å². The molecule has 0 aliphatic rings. The Labute approximate surface area is 216 Å². The number of nitrogens with one attached hydrogen (secondary N) is 1. The number of carbonyl (C=O) groups is 2. The second-order valence-corrected chi connectivity index (χ2v) is 12.0. The number of sulfonamides is 1. The van der Waals surface area contributed by atoms with Gasteiger partial charge in [0, 0.05) is 24.0 Å². The van der Waals surface area contributed by atoms with Crippen molar-refractivity contribution in [1.29, 1.82) is 0 Å². The zero-order chi connectivity index (χ0) is 26.8. The molecule has 0 saturated heterocycles. The van der Waals surface area contributed by atoms with E-state index in [1.807, 2.05) is 17.5 Å². The molecule has 1 aromatic heterocycles. The van der Waals surface area contributed by atoms with Crippen LogP contribution in [0, 0.1) is 0 Å². The highest BCUT2D eigenvalue weighted by Gasteiger charge is 2.29. The summed E-state index contributed by atoms with van der Waals surface area (Å²) in [5.41, 5.74) is 4.28. The molecule has 0 radical (unpaired) electrons. The summed E-state index contributed by atoms with van der Waals surface area (Å²) in [6, 6.07) is 9.32. The molecule has 1 aromatic carbocycles. The van der Waals surface area contributed by atoms with Gasteiger partial charge in [0.1, 0.15) is 11.4 Å². The maximum absolute atomic E-state index is 13.6. The van der Waals surface area contributed by atoms with E-state index in [1.165, 1.54) is 34.9 Å². The molecule has 36 heavy (non-hydrogen) atoms. The summed E-state index contributed by atoms with van der Waals surface area (Å²) in [5.74, 6) is 0.543. The van der Waals surface area contributed by atoms with Crippen LogP contribution in [0.4, 0.5) is 9.59 Å². The normalized spacial score (nSPS) is 12.7. The largest absolute Gasteiger partial charge is 0.497 e. The fraction of sp³-hybridized carbons (Fsp3) is 0.500. The Morgan fingerprint density at radius 3 is 2.39 bits per heavy atom. The van der Waals surface area contributed by atoms with Crippen molar-refractivity contribution < 1.29 is 32.2 Å². The molecule has 0 unspecified atom stereocenters. The lowest BCUT2D eigenvalue weighted by Crippen LogP contribution is -2.47. The second-order valence-electron chi connectivity index (χ2n) is 9.06. The van der Waals surface area contributed by atoms with Gasteiger partial charge in [-0.05, 0) is 75.7 Å². The lowest BCUT2D eigenvalue weighted by Gasteiger charge is -2.29. The summed E-state index contributed by atoms with van der Waals surface area (Å²) in [6.07, 6.45) is -0.000184. The molecule has 0 spiro atoms. The van der Waals surface area contributed by atoms with Gasteiger partial charge in [-0.1, -0.05) is 6.07 Å². The van der Waals surface area contributed by atoms with Crippen LogP contribution in [0.1, 0.15) is 44.9 Å². The minimum absolute atomic E-state index is 0.0161. The van der Waals surface area contributed by atoms with E-state index in [4.69, 9.17) is 19.9 Å². The molecule has 10 nitrogen and oxygen atoms in total. The van der Waals surface area contributed by atoms with Gasteiger partial charge in [-0.15, -0.1) is 11.3 Å². The first-order chi connectivity index (χ1) is 16.9. The Bertz CT molecular complexity index is 1070. The first-order valence-corrected chi connectivity index (χ1v) is 13.8. The average Bonchev–Trinajstić information content (AvgIpc) is 3.30. The predicted octanol–water partition coefficient (Wildman–Crippen LogP) is 4.11. The molecule has 0 aliphatic carbocycles. The monoisotopic (exact) mass is 541 g/mol. The molecule has 0 saturated carbocycles. The smallest absolute Gasteiger partial charge is 0.407 e. The maximum Gasteiger partial charge on any atom is 0.407 e. The van der Waals surface area contributed by atoms with Gasteiger partial charge < -0.3 is 25.3 Å². The van der Waals surface area contributed by atoms with Crippen LogP contribution in [-0.2, 0) is 26.0 Å². The second kappa shape index (κ2) is 13.5. The molecule has 0 fully saturated rings. The van der Waals surface area contributed by atoms with Gasteiger partial charge in [0.05, 0.1) is 18.6 Å². The van der Waals surface area contributed by atoms with E-state index < -0.39 is 33.9 Å². The van der Waals surface area contributed by atoms with E-state index in [9.17, 15) is 18.0 Å². The summed E-state index contributed by atoms with van der Waals surface area (Å²) in [6.45, 7) is 5.54. The van der Waals surface area contributed by atoms with Gasteiger partial charge in [0.2, 0.25) is 10.0 Å². The number of benzene rings is 1. The van der Waals surface area contributed by atoms with Crippen molar-refractivity contribution in [3.63, 3.8) is 0 Å². The summed E-state index contributed by atoms with van der Waals surface area (Å²) in [4.78, 5) is 24.3. The van der Waals surface area contributed by atoms with Crippen LogP contribution in [0.2, 0.25) is 0 Å². The zero-order valence-corrected chi connectivity index (χ0v) is 22.7. The number of rotatable bonds is 13. The lowest BCUT2D eigenvalue weighted by molar-refractivity contribution is 0.0494. The van der Waals surface area contributed by atoms with Gasteiger partial charge in [-0.2, -0.15) is 4.31 Å². The van der Waals surface area contributed by atoms with Gasteiger partial charge in [-0.25, -0.2) is 18.0 Å². The van der Waals surface area contributed by atoms with Crippen LogP contribution < -0.4 is 15.8 Å². The van der Waals surface area contributed by atoms with Crippen molar-refractivity contribution >= 4 is 33.5 Å². The summed E-state index contributed by atoms with van der Waals surface area (Å²) >= 11 is 1.45. The van der Waals surface area contributed by atoms with Gasteiger partial charge in [0.25, 0.3) is 0 Å². The predicted molar refractivity (Wildman–Crippen MR) is 137 cm³/mol. The van der Waals surface area contributed by atoms with Crippen molar-refractivity contribution in [2.45, 2.75) is 63.1 Å². The van der Waals surface area contributed by atoms with Crippen LogP contribution in [-0.4, -0.2) is 56.8 Å². The first kappa shape index (κ1) is 29.4. The maximum atomic E-state index is 13.6. The Balaban J connectivity index is 2.26. The molecule has 1 heterocycles. The summed E-state index contributed by atoms with van der Waals surface area (Å²) in [7, 11) is -2.40. The molecular formula is C24H35N3O7S2. The van der Waals surface area contributed by atoms with Gasteiger partial charge in [0.15, 0.2) is 0 Å². The van der Waals surface area contributed by atoms with Gasteiger partial charge in [-0.3, -0.25) is 0 Å². The van der Waals surface area contributed by atoms with Crippen molar-refractivity contribution in [3.05, 3.63) is 46.7 Å². The van der Waals surface area contributed by atoms with Crippen LogP contribution in [0.5, 0.6) is 5.75 Å². The Hall–Kier alpha value is -2.83. The molecule has 12 heteroatoms. The van der Waals surface area contributed by atoms with Crippen LogP contribution >= 0.6 is 11.3 Å². The molecule has 2 aromatic rings. The topological polar surface area (TPSA) is 137 Å². The van der Waals surface area contributed by atoms with E-state index in [0.29, 0.717) is 25.0 Å². The first-order valence-electron chi connectivity index (χ1n) is 11.5. The van der Waals surface area contributed by atoms with E-state index in [1.54, 1.807) is 32.9 Å². The van der Waals surface area contributed by atoms with Crippen molar-refractivity contribution in [2.24, 2.45) is 5.73 Å². The Morgan fingerprint density at radius 2 is 1.83 bits per heavy atom. The third-order valence-corrected chi connectivity index (χ3v) is 7.63. The number of nitrogens with two attached hydrogens (primary N) is 1. The molecular weight excluding hydrogens is 506 g/mol. The SMILES string of the molecule is COc1ccc(S(=O)(=O)N(Cc2cccs2)C[C@H](CCCCOC(N)=O)NC(=O)OC(C)(C)C)cc1. The third-order valence-electron chi connectivity index (χ3n) is 4.95. The molecule has 200 valence electrons. The summed E-state index contributed by atoms with van der Waals surface area (Å²) < 4.78 is 43.9. The highest BCUT2D eigenvalue weighted by molar-refractivity contribution is 7.89. The molecule has 2 rings (SSSR count). The lowest BCUT2D eigenvalue weighted by atomic mass is 10.1. The number of carbonyl (C=O) groups excluding carboxylic acids is 2. The number of ether oxygens (including phenoxy) is 3. The Morgan fingerprint density at radius 1 is 1.14 bits per heavy atom. The standard InChI is InChI=1S/C24H35N3O7S2/c1-24(2,3)34-23(29)26-18(8-5-6-14-33-22(25)28)16-27(17-20-9-7-15-35-20)36(30,31)21-12-10-19(32-4)11-13-21/h7,9-13,15,18H,5-6,8,14,16-17H2,1-4H3,(H2,25,28)(H,26,29)/t18-/m0/s1. The number of hydrogen-bond acceptors (Lipinski definition) is 8. The highest BCUT2D eigenvalue weighted by Crippen LogP contribution is 2.24. The van der Waals surface area contributed by atoms with Crippen molar-refractivity contribution in [3.8, 4) is 5.75 Å². The fourth-order valence-corrected chi connectivity index (χ4v) is 5.58. The average molecular weight is 542 g/mol. The van der Waals surface area contributed by atoms with E-state index >= 15 is 0 Å². The number of hydrogen-bond donors (Lipinski definition) is 2. The molecule has 3 N–H and O–H groups in total. The molecule has 2 amide bonds. The molecule has 1 atom stereocenters. The number of methoxy groups -OCH3 is 1. The number of nitrogens with zero attached hydrogens (tertiary/aromatic N) is 1. The minimum atomic E-state index is -3.91. The molecule has 0 aliphatic heterocycles. The number of primary amides is 1. The van der Waals surface area contributed by atoms with Gasteiger partial charge >= 0.3 is 12.2 Å². The van der Waals surface area contributed by atoms with E-state index in [0.717, 1.165) is 4.88 Å². The zero-order valence-electron chi connectivity index (χ0n) is 21.1. The number of thiophene rings is 1. The van der Waals surface area contributed by atoms with Crippen LogP contribution in [0.3, 0.4) is 0 Å². The fourth-order valence-electron chi connectivity index (χ4n) is 3.32. The number of amides is 2. The van der Waals surface area contributed by atoms with E-state index in [-0.39, 0.29) is 24.6 Å². The highest BCUT2D eigenvalue weighted by atomic mass is 32.2. The van der Waals surface area contributed by atoms with Crippen LogP contribution in [0.25, 0.3) is 0 Å². The molecule has 0 bridgehead atoms. The third kappa shape index (κ3) is 10.0. The minimum Gasteiger partial charge on any atom is -0.497 e. The van der Waals surface area contributed by atoms with E-state index in [2.05, 4.69) is 5.32 Å². The van der Waals surface area contributed by atoms with Crippen molar-refractivity contribution in [2.75, 3.05) is 20.3 Å². The number of unbranched alkanes of at least 4 members (excludes halogenated alkanes) is 1. The van der Waals surface area contributed by atoms with Crippen LogP contribution in [0.15, 0.2) is 46.7 Å². The number of alkyl carbamates (subject to hydrolysis) is 1. The quantitative estimate of drug-likeness (QED) is 0.364. The summed E-state index contributed by atoms with van der Waals surface area (Å²) in [5, 5.41) is 4.69.